The van der Waals surface area contributed by atoms with Crippen LogP contribution in [0.2, 0.25) is 0 Å². The van der Waals surface area contributed by atoms with E-state index >= 15 is 0 Å². The van der Waals surface area contributed by atoms with E-state index in [1.165, 1.54) is 0 Å². The third-order valence-corrected chi connectivity index (χ3v) is 1.38. The molecule has 0 amide bonds. The Morgan fingerprint density at radius 3 is 2.82 bits per heavy atom. The highest BCUT2D eigenvalue weighted by Crippen LogP contribution is 2.11. The van der Waals surface area contributed by atoms with Crippen LogP contribution >= 0.6 is 12.2 Å². The van der Waals surface area contributed by atoms with Crippen LogP contribution in [0, 0.1) is 22.9 Å². The van der Waals surface area contributed by atoms with Crippen LogP contribution in [0.25, 0.3) is 0 Å². The van der Waals surface area contributed by atoms with Crippen molar-refractivity contribution in [2.24, 2.45) is 0 Å². The number of anilines is 1. The monoisotopic (exact) mass is 167 g/mol. The Morgan fingerprint density at radius 1 is 1.73 bits per heavy atom. The van der Waals surface area contributed by atoms with Crippen LogP contribution in [0.5, 0.6) is 0 Å². The van der Waals surface area contributed by atoms with E-state index in [0.717, 1.165) is 0 Å². The van der Waals surface area contributed by atoms with Gasteiger partial charge < -0.3 is 10.2 Å². The maximum Gasteiger partial charge on any atom is 0.213 e. The fourth-order valence-corrected chi connectivity index (χ4v) is 0.915. The number of nitriles is 1. The lowest BCUT2D eigenvalue weighted by atomic mass is 10.3. The van der Waals surface area contributed by atoms with Gasteiger partial charge in [0.15, 0.2) is 10.5 Å². The molecule has 1 heterocycles. The molecule has 0 saturated heterocycles. The number of nitrogens with zero attached hydrogens (tertiary/aromatic N) is 2. The second kappa shape index (κ2) is 2.68. The van der Waals surface area contributed by atoms with Gasteiger partial charge in [0.1, 0.15) is 11.6 Å². The summed E-state index contributed by atoms with van der Waals surface area (Å²) in [5.41, 5.74) is 5.47. The number of rotatable bonds is 0. The molecule has 0 aromatic carbocycles. The molecule has 0 aliphatic carbocycles. The van der Waals surface area contributed by atoms with Gasteiger partial charge in [0.05, 0.1) is 0 Å². The Labute approximate surface area is 68.3 Å². The van der Waals surface area contributed by atoms with Crippen molar-refractivity contribution in [2.45, 2.75) is 6.92 Å². The first-order valence-corrected chi connectivity index (χ1v) is 3.23. The summed E-state index contributed by atoms with van der Waals surface area (Å²) in [6.45, 7) is 1.62. The molecule has 0 fully saturated rings. The van der Waals surface area contributed by atoms with Crippen LogP contribution in [0.3, 0.4) is 0 Å². The van der Waals surface area contributed by atoms with Crippen molar-refractivity contribution in [1.82, 2.24) is 4.98 Å². The highest BCUT2D eigenvalue weighted by Gasteiger charge is 2.03. The molecule has 4 nitrogen and oxygen atoms in total. The molecule has 0 atom stereocenters. The standard InChI is InChI=1S/C6H5N3OS/c1-3-9-6(11)4(2-7)5(8)10-3/h8H2,1H3. The molecule has 0 bridgehead atoms. The van der Waals surface area contributed by atoms with Crippen molar-refractivity contribution in [3.8, 4) is 6.07 Å². The molecule has 1 aromatic rings. The van der Waals surface area contributed by atoms with Crippen molar-refractivity contribution in [3.63, 3.8) is 0 Å². The average Bonchev–Trinajstić information content (AvgIpc) is 1.85. The molecule has 0 spiro atoms. The van der Waals surface area contributed by atoms with Gasteiger partial charge in [-0.3, -0.25) is 0 Å². The number of hydrogen-bond donors (Lipinski definition) is 1. The summed E-state index contributed by atoms with van der Waals surface area (Å²) in [5, 5.41) is 8.49. The normalized spacial score (nSPS) is 9.09. The van der Waals surface area contributed by atoms with E-state index in [1.807, 2.05) is 0 Å². The molecule has 0 aliphatic rings. The van der Waals surface area contributed by atoms with Crippen molar-refractivity contribution >= 4 is 18.1 Å². The zero-order valence-corrected chi connectivity index (χ0v) is 6.60. The maximum absolute atomic E-state index is 8.49. The quantitative estimate of drug-likeness (QED) is 0.587. The average molecular weight is 167 g/mol. The third kappa shape index (κ3) is 1.36. The van der Waals surface area contributed by atoms with E-state index < -0.39 is 0 Å². The van der Waals surface area contributed by atoms with Crippen LogP contribution < -0.4 is 5.73 Å². The van der Waals surface area contributed by atoms with Crippen molar-refractivity contribution in [1.29, 1.82) is 5.26 Å². The molecule has 0 saturated carbocycles. The summed E-state index contributed by atoms with van der Waals surface area (Å²) in [7, 11) is 0. The molecule has 0 unspecified atom stereocenters. The SMILES string of the molecule is Cc1nc(=S)c(C#N)c(N)o1. The van der Waals surface area contributed by atoms with Crippen molar-refractivity contribution in [2.75, 3.05) is 5.73 Å². The molecule has 5 heteroatoms. The predicted octanol–water partition coefficient (Wildman–Crippen LogP) is 1.17. The zero-order valence-electron chi connectivity index (χ0n) is 5.79. The first-order chi connectivity index (χ1) is 5.15. The summed E-state index contributed by atoms with van der Waals surface area (Å²) in [4.78, 5) is 3.75. The minimum absolute atomic E-state index is 0.0324. The highest BCUT2D eigenvalue weighted by atomic mass is 32.1. The summed E-state index contributed by atoms with van der Waals surface area (Å²) in [6.07, 6.45) is 0. The Balaban J connectivity index is 3.53. The van der Waals surface area contributed by atoms with Crippen LogP contribution in [-0.4, -0.2) is 4.98 Å². The number of aryl methyl sites for hydroxylation is 1. The first kappa shape index (κ1) is 7.69. The molecule has 1 aromatic heterocycles. The molecule has 2 N–H and O–H groups in total. The summed E-state index contributed by atoms with van der Waals surface area (Å²) < 4.78 is 5.05. The summed E-state index contributed by atoms with van der Waals surface area (Å²) in [5.74, 6) is 0.400. The van der Waals surface area contributed by atoms with Gasteiger partial charge in [0.2, 0.25) is 5.88 Å². The first-order valence-electron chi connectivity index (χ1n) is 2.82. The second-order valence-corrected chi connectivity index (χ2v) is 2.28. The van der Waals surface area contributed by atoms with Gasteiger partial charge in [-0.25, -0.2) is 4.98 Å². The minimum atomic E-state index is 0.0324. The molecular formula is C6H5N3OS. The second-order valence-electron chi connectivity index (χ2n) is 1.89. The van der Waals surface area contributed by atoms with Gasteiger partial charge in [-0.2, -0.15) is 5.26 Å². The van der Waals surface area contributed by atoms with E-state index in [2.05, 4.69) is 4.98 Å². The Morgan fingerprint density at radius 2 is 2.36 bits per heavy atom. The van der Waals surface area contributed by atoms with Crippen molar-refractivity contribution in [3.05, 3.63) is 16.1 Å². The lowest BCUT2D eigenvalue weighted by Gasteiger charge is -1.95. The Hall–Kier alpha value is -1.41. The highest BCUT2D eigenvalue weighted by molar-refractivity contribution is 7.71. The molecule has 11 heavy (non-hydrogen) atoms. The molecule has 1 rings (SSSR count). The van der Waals surface area contributed by atoms with E-state index in [1.54, 1.807) is 13.0 Å². The fraction of sp³-hybridized carbons (Fsp3) is 0.167. The predicted molar refractivity (Wildman–Crippen MR) is 41.2 cm³/mol. The molecule has 56 valence electrons. The maximum atomic E-state index is 8.49. The van der Waals surface area contributed by atoms with Gasteiger partial charge in [0.25, 0.3) is 0 Å². The van der Waals surface area contributed by atoms with Crippen LogP contribution in [0.4, 0.5) is 5.88 Å². The summed E-state index contributed by atoms with van der Waals surface area (Å²) >= 11 is 4.75. The number of aromatic nitrogens is 1. The number of hydrogen-bond acceptors (Lipinski definition) is 5. The largest absolute Gasteiger partial charge is 0.426 e. The zero-order chi connectivity index (χ0) is 8.43. The van der Waals surface area contributed by atoms with Gasteiger partial charge >= 0.3 is 0 Å². The number of nitrogens with two attached hydrogens (primary N) is 1. The lowest BCUT2D eigenvalue weighted by molar-refractivity contribution is 0.506. The topological polar surface area (TPSA) is 75.8 Å². The molecular weight excluding hydrogens is 162 g/mol. The van der Waals surface area contributed by atoms with Gasteiger partial charge in [-0.05, 0) is 0 Å². The van der Waals surface area contributed by atoms with Gasteiger partial charge in [-0.1, -0.05) is 12.2 Å². The smallest absolute Gasteiger partial charge is 0.213 e. The molecule has 0 aliphatic heterocycles. The third-order valence-electron chi connectivity index (χ3n) is 1.09. The fourth-order valence-electron chi connectivity index (χ4n) is 0.640. The lowest BCUT2D eigenvalue weighted by Crippen LogP contribution is -1.94. The van der Waals surface area contributed by atoms with E-state index in [-0.39, 0.29) is 16.1 Å². The van der Waals surface area contributed by atoms with E-state index in [9.17, 15) is 0 Å². The Kier molecular flexibility index (Phi) is 1.87. The molecule has 0 radical (unpaired) electrons. The minimum Gasteiger partial charge on any atom is -0.426 e. The van der Waals surface area contributed by atoms with Crippen LogP contribution in [-0.2, 0) is 0 Å². The summed E-state index contributed by atoms with van der Waals surface area (Å²) in [6, 6.07) is 1.81. The van der Waals surface area contributed by atoms with Gasteiger partial charge in [0, 0.05) is 6.92 Å². The van der Waals surface area contributed by atoms with Gasteiger partial charge in [-0.15, -0.1) is 0 Å². The van der Waals surface area contributed by atoms with E-state index in [4.69, 9.17) is 27.6 Å². The Bertz CT molecular complexity index is 376. The van der Waals surface area contributed by atoms with Crippen LogP contribution in [0.15, 0.2) is 4.42 Å². The number of nitrogen functional groups attached to an aromatic ring is 1. The van der Waals surface area contributed by atoms with Crippen LogP contribution in [0.1, 0.15) is 11.5 Å². The van der Waals surface area contributed by atoms with Crippen molar-refractivity contribution < 1.29 is 4.42 Å². The van der Waals surface area contributed by atoms with E-state index in [0.29, 0.717) is 5.89 Å².